The van der Waals surface area contributed by atoms with Gasteiger partial charge in [0, 0.05) is 5.56 Å². The average Bonchev–Trinajstić information content (AvgIpc) is 3.03. The molecule has 0 aliphatic heterocycles. The molecule has 3 rings (SSSR count). The van der Waals surface area contributed by atoms with Crippen LogP contribution < -0.4 is 0 Å². The molecule has 1 heterocycles. The number of nitrogens with zero attached hydrogens (tertiary/aromatic N) is 4. The summed E-state index contributed by atoms with van der Waals surface area (Å²) in [5.41, 5.74) is 2.97. The van der Waals surface area contributed by atoms with Crippen LogP contribution in [0.4, 0.5) is 8.78 Å². The van der Waals surface area contributed by atoms with Gasteiger partial charge in [-0.15, -0.1) is 5.10 Å². The van der Waals surface area contributed by atoms with Crippen molar-refractivity contribution in [2.75, 3.05) is 5.75 Å². The predicted molar refractivity (Wildman–Crippen MR) is 90.0 cm³/mol. The minimum atomic E-state index is -1.05. The Morgan fingerprint density at radius 2 is 1.84 bits per heavy atom. The maximum atomic E-state index is 13.3. The number of carbonyl (C=O) groups excluding carboxylic acids is 1. The fourth-order valence-corrected chi connectivity index (χ4v) is 3.20. The summed E-state index contributed by atoms with van der Waals surface area (Å²) in [7, 11) is 0. The van der Waals surface area contributed by atoms with E-state index in [1.165, 1.54) is 6.07 Å². The Kier molecular flexibility index (Phi) is 4.89. The SMILES string of the molecule is Cc1cccc(C)c1-n1nnnc1SCC(=O)c1ccc(F)c(F)c1. The second-order valence-corrected chi connectivity index (χ2v) is 6.40. The first-order valence-corrected chi connectivity index (χ1v) is 8.42. The average molecular weight is 360 g/mol. The van der Waals surface area contributed by atoms with Crippen molar-refractivity contribution in [3.63, 3.8) is 0 Å². The first-order valence-electron chi connectivity index (χ1n) is 7.43. The number of thioether (sulfide) groups is 1. The zero-order chi connectivity index (χ0) is 18.0. The van der Waals surface area contributed by atoms with Gasteiger partial charge in [0.2, 0.25) is 5.16 Å². The molecule has 3 aromatic rings. The van der Waals surface area contributed by atoms with Crippen molar-refractivity contribution in [3.8, 4) is 5.69 Å². The minimum absolute atomic E-state index is 0.0103. The largest absolute Gasteiger partial charge is 0.293 e. The fourth-order valence-electron chi connectivity index (χ4n) is 2.43. The van der Waals surface area contributed by atoms with E-state index in [2.05, 4.69) is 15.5 Å². The Morgan fingerprint density at radius 1 is 1.12 bits per heavy atom. The summed E-state index contributed by atoms with van der Waals surface area (Å²) in [6.07, 6.45) is 0. The summed E-state index contributed by atoms with van der Waals surface area (Å²) in [6.45, 7) is 3.90. The van der Waals surface area contributed by atoms with Crippen LogP contribution in [0.2, 0.25) is 0 Å². The maximum absolute atomic E-state index is 13.3. The van der Waals surface area contributed by atoms with Gasteiger partial charge in [-0.2, -0.15) is 4.68 Å². The highest BCUT2D eigenvalue weighted by molar-refractivity contribution is 7.99. The molecular weight excluding hydrogens is 346 g/mol. The van der Waals surface area contributed by atoms with Crippen LogP contribution in [0.1, 0.15) is 21.5 Å². The highest BCUT2D eigenvalue weighted by Gasteiger charge is 2.16. The normalized spacial score (nSPS) is 10.9. The summed E-state index contributed by atoms with van der Waals surface area (Å²) in [5.74, 6) is -2.35. The molecule has 8 heteroatoms. The van der Waals surface area contributed by atoms with Gasteiger partial charge >= 0.3 is 0 Å². The van der Waals surface area contributed by atoms with Gasteiger partial charge in [-0.25, -0.2) is 8.78 Å². The molecule has 0 radical (unpaired) electrons. The number of halogens is 2. The second-order valence-electron chi connectivity index (χ2n) is 5.45. The number of aromatic nitrogens is 4. The molecule has 0 N–H and O–H groups in total. The van der Waals surface area contributed by atoms with Gasteiger partial charge in [0.15, 0.2) is 17.4 Å². The molecule has 5 nitrogen and oxygen atoms in total. The van der Waals surface area contributed by atoms with Crippen molar-refractivity contribution < 1.29 is 13.6 Å². The summed E-state index contributed by atoms with van der Waals surface area (Å²) in [5, 5.41) is 12.1. The lowest BCUT2D eigenvalue weighted by Crippen LogP contribution is -2.07. The van der Waals surface area contributed by atoms with Gasteiger partial charge in [-0.3, -0.25) is 4.79 Å². The fraction of sp³-hybridized carbons (Fsp3) is 0.176. The van der Waals surface area contributed by atoms with Crippen LogP contribution in [-0.2, 0) is 0 Å². The maximum Gasteiger partial charge on any atom is 0.214 e. The van der Waals surface area contributed by atoms with E-state index in [9.17, 15) is 13.6 Å². The van der Waals surface area contributed by atoms with E-state index < -0.39 is 11.6 Å². The molecule has 0 amide bonds. The first-order chi connectivity index (χ1) is 12.0. The molecule has 0 saturated carbocycles. The third-order valence-electron chi connectivity index (χ3n) is 3.67. The number of hydrogen-bond acceptors (Lipinski definition) is 5. The van der Waals surface area contributed by atoms with Gasteiger partial charge in [0.05, 0.1) is 11.4 Å². The number of ketones is 1. The quantitative estimate of drug-likeness (QED) is 0.515. The van der Waals surface area contributed by atoms with Crippen molar-refractivity contribution in [1.29, 1.82) is 0 Å². The Hall–Kier alpha value is -2.61. The van der Waals surface area contributed by atoms with Crippen LogP contribution in [-0.4, -0.2) is 31.7 Å². The van der Waals surface area contributed by atoms with E-state index in [1.807, 2.05) is 32.0 Å². The van der Waals surface area contributed by atoms with Gasteiger partial charge in [0.25, 0.3) is 0 Å². The monoisotopic (exact) mass is 360 g/mol. The minimum Gasteiger partial charge on any atom is -0.293 e. The van der Waals surface area contributed by atoms with Gasteiger partial charge < -0.3 is 0 Å². The summed E-state index contributed by atoms with van der Waals surface area (Å²) >= 11 is 1.14. The van der Waals surface area contributed by atoms with Crippen LogP contribution in [0, 0.1) is 25.5 Å². The molecule has 0 unspecified atom stereocenters. The Bertz CT molecular complexity index is 922. The number of aryl methyl sites for hydroxylation is 2. The number of tetrazole rings is 1. The van der Waals surface area contributed by atoms with Crippen LogP contribution in [0.25, 0.3) is 5.69 Å². The van der Waals surface area contributed by atoms with Crippen molar-refractivity contribution in [1.82, 2.24) is 20.2 Å². The number of benzene rings is 2. The molecule has 2 aromatic carbocycles. The first kappa shape index (κ1) is 17.2. The van der Waals surface area contributed by atoms with E-state index in [0.29, 0.717) is 5.16 Å². The van der Waals surface area contributed by atoms with E-state index in [1.54, 1.807) is 4.68 Å². The van der Waals surface area contributed by atoms with Crippen molar-refractivity contribution >= 4 is 17.5 Å². The second kappa shape index (κ2) is 7.10. The summed E-state index contributed by atoms with van der Waals surface area (Å²) < 4.78 is 27.8. The third kappa shape index (κ3) is 3.58. The number of Topliss-reactive ketones (excluding diaryl/α,β-unsaturated/α-hetero) is 1. The zero-order valence-electron chi connectivity index (χ0n) is 13.5. The number of hydrogen-bond donors (Lipinski definition) is 0. The molecule has 0 spiro atoms. The standard InChI is InChI=1S/C17H14F2N4OS/c1-10-4-3-5-11(2)16(10)23-17(20-21-22-23)25-9-15(24)12-6-7-13(18)14(19)8-12/h3-8H,9H2,1-2H3. The lowest BCUT2D eigenvalue weighted by atomic mass is 10.1. The van der Waals surface area contributed by atoms with Gasteiger partial charge in [-0.1, -0.05) is 30.0 Å². The zero-order valence-corrected chi connectivity index (χ0v) is 14.3. The van der Waals surface area contributed by atoms with E-state index in [0.717, 1.165) is 40.7 Å². The molecule has 0 saturated heterocycles. The molecule has 25 heavy (non-hydrogen) atoms. The topological polar surface area (TPSA) is 60.7 Å². The Labute approximate surface area is 147 Å². The molecule has 1 aromatic heterocycles. The summed E-state index contributed by atoms with van der Waals surface area (Å²) in [4.78, 5) is 12.2. The van der Waals surface area contributed by atoms with Crippen molar-refractivity contribution in [3.05, 3.63) is 64.7 Å². The van der Waals surface area contributed by atoms with E-state index in [-0.39, 0.29) is 17.1 Å². The highest BCUT2D eigenvalue weighted by atomic mass is 32.2. The molecular formula is C17H14F2N4OS. The van der Waals surface area contributed by atoms with Crippen LogP contribution >= 0.6 is 11.8 Å². The predicted octanol–water partition coefficient (Wildman–Crippen LogP) is 3.53. The van der Waals surface area contributed by atoms with Crippen LogP contribution in [0.5, 0.6) is 0 Å². The molecule has 128 valence electrons. The Morgan fingerprint density at radius 3 is 2.52 bits per heavy atom. The third-order valence-corrected chi connectivity index (χ3v) is 4.59. The molecule has 0 atom stereocenters. The smallest absolute Gasteiger partial charge is 0.214 e. The van der Waals surface area contributed by atoms with E-state index >= 15 is 0 Å². The molecule has 0 fully saturated rings. The van der Waals surface area contributed by atoms with E-state index in [4.69, 9.17) is 0 Å². The Balaban J connectivity index is 1.80. The van der Waals surface area contributed by atoms with Gasteiger partial charge in [0.1, 0.15) is 0 Å². The van der Waals surface area contributed by atoms with Gasteiger partial charge in [-0.05, 0) is 53.6 Å². The number of carbonyl (C=O) groups is 1. The molecule has 0 aliphatic carbocycles. The van der Waals surface area contributed by atoms with Crippen molar-refractivity contribution in [2.24, 2.45) is 0 Å². The highest BCUT2D eigenvalue weighted by Crippen LogP contribution is 2.24. The van der Waals surface area contributed by atoms with Crippen LogP contribution in [0.3, 0.4) is 0 Å². The van der Waals surface area contributed by atoms with Crippen LogP contribution in [0.15, 0.2) is 41.6 Å². The van der Waals surface area contributed by atoms with Crippen molar-refractivity contribution in [2.45, 2.75) is 19.0 Å². The summed E-state index contributed by atoms with van der Waals surface area (Å²) in [6, 6.07) is 8.93. The molecule has 0 aliphatic rings. The molecule has 0 bridgehead atoms. The lowest BCUT2D eigenvalue weighted by Gasteiger charge is -2.10. The lowest BCUT2D eigenvalue weighted by molar-refractivity contribution is 0.102. The number of para-hydroxylation sites is 1. The number of rotatable bonds is 5.